The molecule has 0 bridgehead atoms. The van der Waals surface area contributed by atoms with Gasteiger partial charge in [0.25, 0.3) is 0 Å². The first kappa shape index (κ1) is 15.9. The number of hydrogen-bond acceptors (Lipinski definition) is 4. The van der Waals surface area contributed by atoms with E-state index in [1.54, 1.807) is 4.90 Å². The monoisotopic (exact) mass is 294 g/mol. The normalized spacial score (nSPS) is 19.6. The van der Waals surface area contributed by atoms with Gasteiger partial charge in [-0.3, -0.25) is 0 Å². The third kappa shape index (κ3) is 5.08. The molecule has 1 unspecified atom stereocenters. The topological polar surface area (TPSA) is 54.7 Å². The molecule has 0 aromatic carbocycles. The number of carbonyl (C=O) groups excluding carboxylic acids is 1. The summed E-state index contributed by atoms with van der Waals surface area (Å²) in [5.41, 5.74) is -0.441. The van der Waals surface area contributed by atoms with Crippen LogP contribution in [0.4, 0.5) is 4.79 Å². The molecule has 1 amide bonds. The molecule has 21 heavy (non-hydrogen) atoms. The Morgan fingerprint density at radius 1 is 1.48 bits per heavy atom. The van der Waals surface area contributed by atoms with Crippen molar-refractivity contribution < 1.29 is 13.9 Å². The van der Waals surface area contributed by atoms with Crippen molar-refractivity contribution in [1.29, 1.82) is 0 Å². The number of rotatable bonds is 3. The number of hydrogen-bond donors (Lipinski definition) is 1. The minimum absolute atomic E-state index is 0.220. The van der Waals surface area contributed by atoms with Gasteiger partial charge in [0.15, 0.2) is 0 Å². The lowest BCUT2D eigenvalue weighted by atomic mass is 10.1. The fraction of sp³-hybridized carbons (Fsp3) is 0.688. The highest BCUT2D eigenvalue weighted by Crippen LogP contribution is 2.16. The average Bonchev–Trinajstić information content (AvgIpc) is 2.81. The van der Waals surface area contributed by atoms with Crippen molar-refractivity contribution in [2.75, 3.05) is 13.1 Å². The van der Waals surface area contributed by atoms with Gasteiger partial charge in [-0.25, -0.2) is 4.79 Å². The van der Waals surface area contributed by atoms with Crippen molar-refractivity contribution in [2.24, 2.45) is 0 Å². The Morgan fingerprint density at radius 3 is 2.86 bits per heavy atom. The third-order valence-corrected chi connectivity index (χ3v) is 3.43. The zero-order chi connectivity index (χ0) is 15.5. The first-order valence-electron chi connectivity index (χ1n) is 7.60. The van der Waals surface area contributed by atoms with Gasteiger partial charge >= 0.3 is 6.09 Å². The molecule has 5 nitrogen and oxygen atoms in total. The zero-order valence-electron chi connectivity index (χ0n) is 13.4. The number of aryl methyl sites for hydroxylation is 1. The van der Waals surface area contributed by atoms with Crippen LogP contribution in [0.15, 0.2) is 16.5 Å². The fourth-order valence-corrected chi connectivity index (χ4v) is 2.46. The highest BCUT2D eigenvalue weighted by Gasteiger charge is 2.27. The zero-order valence-corrected chi connectivity index (χ0v) is 13.4. The molecule has 0 radical (unpaired) electrons. The number of nitrogens with zero attached hydrogens (tertiary/aromatic N) is 1. The molecule has 2 heterocycles. The van der Waals surface area contributed by atoms with E-state index < -0.39 is 5.60 Å². The van der Waals surface area contributed by atoms with Crippen LogP contribution in [0, 0.1) is 6.92 Å². The van der Waals surface area contributed by atoms with Crippen LogP contribution >= 0.6 is 0 Å². The summed E-state index contributed by atoms with van der Waals surface area (Å²) in [6, 6.07) is 4.23. The molecule has 2 rings (SSSR count). The van der Waals surface area contributed by atoms with Crippen molar-refractivity contribution in [1.82, 2.24) is 10.2 Å². The number of nitrogens with one attached hydrogen (secondary N) is 1. The Bertz CT molecular complexity index is 476. The molecular formula is C16H26N2O3. The predicted octanol–water partition coefficient (Wildman–Crippen LogP) is 3.08. The first-order chi connectivity index (χ1) is 9.83. The van der Waals surface area contributed by atoms with Crippen molar-refractivity contribution in [3.63, 3.8) is 0 Å². The Morgan fingerprint density at radius 2 is 2.24 bits per heavy atom. The Kier molecular flexibility index (Phi) is 4.93. The van der Waals surface area contributed by atoms with E-state index in [0.29, 0.717) is 13.1 Å². The van der Waals surface area contributed by atoms with Gasteiger partial charge in [0, 0.05) is 19.1 Å². The molecular weight excluding hydrogens is 268 g/mol. The lowest BCUT2D eigenvalue weighted by molar-refractivity contribution is 0.0186. The summed E-state index contributed by atoms with van der Waals surface area (Å²) in [4.78, 5) is 13.9. The summed E-state index contributed by atoms with van der Waals surface area (Å²) in [6.07, 6.45) is 1.84. The molecule has 0 spiro atoms. The van der Waals surface area contributed by atoms with Gasteiger partial charge in [-0.2, -0.15) is 0 Å². The van der Waals surface area contributed by atoms with Crippen molar-refractivity contribution in [2.45, 2.75) is 58.7 Å². The maximum atomic E-state index is 12.1. The van der Waals surface area contributed by atoms with E-state index in [0.717, 1.165) is 30.9 Å². The van der Waals surface area contributed by atoms with Crippen LogP contribution in [0.3, 0.4) is 0 Å². The van der Waals surface area contributed by atoms with Gasteiger partial charge in [-0.1, -0.05) is 0 Å². The van der Waals surface area contributed by atoms with Crippen LogP contribution in [-0.4, -0.2) is 35.7 Å². The second-order valence-corrected chi connectivity index (χ2v) is 6.66. The second kappa shape index (κ2) is 6.52. The van der Waals surface area contributed by atoms with E-state index in [2.05, 4.69) is 5.32 Å². The molecule has 1 saturated heterocycles. The molecule has 0 saturated carbocycles. The molecule has 118 valence electrons. The molecule has 1 aromatic heterocycles. The average molecular weight is 294 g/mol. The molecule has 5 heteroatoms. The van der Waals surface area contributed by atoms with Crippen molar-refractivity contribution >= 4 is 6.09 Å². The number of furan rings is 1. The van der Waals surface area contributed by atoms with Crippen molar-refractivity contribution in [3.05, 3.63) is 23.7 Å². The lowest BCUT2D eigenvalue weighted by Crippen LogP contribution is -2.49. The Hall–Kier alpha value is -1.49. The number of piperidine rings is 1. The highest BCUT2D eigenvalue weighted by molar-refractivity contribution is 5.68. The smallest absolute Gasteiger partial charge is 0.410 e. The molecule has 1 atom stereocenters. The van der Waals surface area contributed by atoms with Crippen LogP contribution in [0.2, 0.25) is 0 Å². The Labute approximate surface area is 126 Å². The SMILES string of the molecule is Cc1ccc(CNC2CCCN(C(=O)OC(C)(C)C)C2)o1. The van der Waals surface area contributed by atoms with Gasteiger partial charge in [0.2, 0.25) is 0 Å². The lowest BCUT2D eigenvalue weighted by Gasteiger charge is -2.34. The number of amides is 1. The summed E-state index contributed by atoms with van der Waals surface area (Å²) < 4.78 is 11.0. The summed E-state index contributed by atoms with van der Waals surface area (Å²) in [5.74, 6) is 1.85. The molecule has 0 aliphatic carbocycles. The quantitative estimate of drug-likeness (QED) is 0.931. The maximum absolute atomic E-state index is 12.1. The largest absolute Gasteiger partial charge is 0.465 e. The Balaban J connectivity index is 1.81. The van der Waals surface area contributed by atoms with Gasteiger partial charge in [-0.15, -0.1) is 0 Å². The maximum Gasteiger partial charge on any atom is 0.410 e. The van der Waals surface area contributed by atoms with E-state index in [1.165, 1.54) is 0 Å². The van der Waals surface area contributed by atoms with Gasteiger partial charge < -0.3 is 19.4 Å². The van der Waals surface area contributed by atoms with E-state index in [9.17, 15) is 4.79 Å². The predicted molar refractivity (Wildman–Crippen MR) is 81.1 cm³/mol. The molecule has 1 fully saturated rings. The molecule has 1 N–H and O–H groups in total. The van der Waals surface area contributed by atoms with E-state index in [4.69, 9.17) is 9.15 Å². The van der Waals surface area contributed by atoms with Crippen LogP contribution < -0.4 is 5.32 Å². The summed E-state index contributed by atoms with van der Waals surface area (Å²) in [7, 11) is 0. The second-order valence-electron chi connectivity index (χ2n) is 6.66. The number of ether oxygens (including phenoxy) is 1. The van der Waals surface area contributed by atoms with E-state index in [-0.39, 0.29) is 12.1 Å². The minimum Gasteiger partial charge on any atom is -0.465 e. The van der Waals surface area contributed by atoms with Crippen LogP contribution in [0.25, 0.3) is 0 Å². The standard InChI is InChI=1S/C16H26N2O3/c1-12-7-8-14(20-12)10-17-13-6-5-9-18(11-13)15(19)21-16(2,3)4/h7-8,13,17H,5-6,9-11H2,1-4H3. The van der Waals surface area contributed by atoms with E-state index in [1.807, 2.05) is 39.8 Å². The first-order valence-corrected chi connectivity index (χ1v) is 7.60. The van der Waals surface area contributed by atoms with Crippen LogP contribution in [-0.2, 0) is 11.3 Å². The number of likely N-dealkylation sites (tertiary alicyclic amines) is 1. The van der Waals surface area contributed by atoms with Crippen LogP contribution in [0.1, 0.15) is 45.1 Å². The summed E-state index contributed by atoms with van der Waals surface area (Å²) in [6.45, 7) is 9.77. The van der Waals surface area contributed by atoms with E-state index >= 15 is 0 Å². The van der Waals surface area contributed by atoms with Gasteiger partial charge in [0.05, 0.1) is 6.54 Å². The molecule has 1 aliphatic rings. The summed E-state index contributed by atoms with van der Waals surface area (Å²) in [5, 5.41) is 3.46. The summed E-state index contributed by atoms with van der Waals surface area (Å²) >= 11 is 0. The highest BCUT2D eigenvalue weighted by atomic mass is 16.6. The minimum atomic E-state index is -0.441. The van der Waals surface area contributed by atoms with Crippen molar-refractivity contribution in [3.8, 4) is 0 Å². The molecule has 1 aromatic rings. The fourth-order valence-electron chi connectivity index (χ4n) is 2.46. The number of carbonyl (C=O) groups is 1. The molecule has 1 aliphatic heterocycles. The van der Waals surface area contributed by atoms with Gasteiger partial charge in [-0.05, 0) is 52.7 Å². The third-order valence-electron chi connectivity index (χ3n) is 3.43. The van der Waals surface area contributed by atoms with Crippen LogP contribution in [0.5, 0.6) is 0 Å². The van der Waals surface area contributed by atoms with Gasteiger partial charge in [0.1, 0.15) is 17.1 Å².